The van der Waals surface area contributed by atoms with E-state index >= 15 is 0 Å². The summed E-state index contributed by atoms with van der Waals surface area (Å²) in [5.41, 5.74) is 3.00. The molecule has 32 heavy (non-hydrogen) atoms. The van der Waals surface area contributed by atoms with Crippen molar-refractivity contribution in [2.75, 3.05) is 0 Å². The Balaban J connectivity index is 1.68. The summed E-state index contributed by atoms with van der Waals surface area (Å²) in [6, 6.07) is 33.4. The molecule has 0 fully saturated rings. The van der Waals surface area contributed by atoms with Gasteiger partial charge in [0.25, 0.3) is 0 Å². The van der Waals surface area contributed by atoms with Gasteiger partial charge in [-0.3, -0.25) is 0 Å². The minimum atomic E-state index is -4.06. The summed E-state index contributed by atoms with van der Waals surface area (Å²) >= 11 is 0. The van der Waals surface area contributed by atoms with Gasteiger partial charge in [-0.15, -0.1) is 0 Å². The Kier molecular flexibility index (Phi) is 6.63. The van der Waals surface area contributed by atoms with Gasteiger partial charge in [0.15, 0.2) is 0 Å². The van der Waals surface area contributed by atoms with Crippen LogP contribution < -0.4 is 13.6 Å². The Hall–Kier alpha value is -3.49. The van der Waals surface area contributed by atoms with Crippen LogP contribution in [0, 0.1) is 0 Å². The van der Waals surface area contributed by atoms with Crippen LogP contribution in [0.3, 0.4) is 0 Å². The van der Waals surface area contributed by atoms with Crippen molar-refractivity contribution in [3.8, 4) is 28.4 Å². The highest BCUT2D eigenvalue weighted by atomic mass is 31.2. The van der Waals surface area contributed by atoms with Crippen LogP contribution in [0.1, 0.15) is 25.3 Å². The average Bonchev–Trinajstić information content (AvgIpc) is 2.80. The van der Waals surface area contributed by atoms with Gasteiger partial charge in [-0.25, -0.2) is 0 Å². The first kappa shape index (κ1) is 21.7. The zero-order valence-corrected chi connectivity index (χ0v) is 18.9. The monoisotopic (exact) mass is 444 g/mol. The molecule has 162 valence electrons. The summed E-state index contributed by atoms with van der Waals surface area (Å²) in [6.07, 6.45) is 0. The van der Waals surface area contributed by atoms with Crippen molar-refractivity contribution in [2.24, 2.45) is 0 Å². The second-order valence-electron chi connectivity index (χ2n) is 7.62. The molecule has 0 heterocycles. The lowest BCUT2D eigenvalue weighted by Gasteiger charge is -2.21. The van der Waals surface area contributed by atoms with Gasteiger partial charge < -0.3 is 13.6 Å². The average molecular weight is 444 g/mol. The zero-order valence-electron chi connectivity index (χ0n) is 18.0. The largest absolute Gasteiger partial charge is 0.647 e. The molecular weight excluding hydrogens is 419 g/mol. The van der Waals surface area contributed by atoms with Crippen molar-refractivity contribution in [3.63, 3.8) is 0 Å². The molecule has 0 aromatic heterocycles. The number of phosphoric ester groups is 1. The fraction of sp³-hybridized carbons (Fsp3) is 0.111. The molecule has 5 heteroatoms. The predicted octanol–water partition coefficient (Wildman–Crippen LogP) is 8.12. The summed E-state index contributed by atoms with van der Waals surface area (Å²) < 4.78 is 31.3. The molecule has 0 saturated carbocycles. The van der Waals surface area contributed by atoms with Crippen molar-refractivity contribution in [1.82, 2.24) is 0 Å². The van der Waals surface area contributed by atoms with E-state index in [1.165, 1.54) is 5.56 Å². The van der Waals surface area contributed by atoms with E-state index < -0.39 is 7.82 Å². The second-order valence-corrected chi connectivity index (χ2v) is 9.06. The van der Waals surface area contributed by atoms with Crippen LogP contribution in [-0.4, -0.2) is 0 Å². The summed E-state index contributed by atoms with van der Waals surface area (Å²) in [4.78, 5) is 0. The molecule has 4 nitrogen and oxygen atoms in total. The normalized spacial score (nSPS) is 11.2. The van der Waals surface area contributed by atoms with Gasteiger partial charge >= 0.3 is 7.82 Å². The zero-order chi connectivity index (χ0) is 22.4. The highest BCUT2D eigenvalue weighted by Crippen LogP contribution is 2.51. The van der Waals surface area contributed by atoms with Crippen LogP contribution in [0.5, 0.6) is 17.2 Å². The smallest absolute Gasteiger partial charge is 0.386 e. The van der Waals surface area contributed by atoms with E-state index in [1.807, 2.05) is 42.5 Å². The standard InChI is InChI=1S/C27H25O4P/c1-21(2)22-17-19-23(20-18-22)26-15-9-10-16-27(26)31-32(28,29-24-11-5-3-6-12-24)30-25-13-7-4-8-14-25/h3-21H,1-2H3. The molecule has 4 aromatic rings. The first-order valence-corrected chi connectivity index (χ1v) is 12.0. The van der Waals surface area contributed by atoms with Crippen LogP contribution in [0.25, 0.3) is 11.1 Å². The van der Waals surface area contributed by atoms with Crippen LogP contribution in [0.15, 0.2) is 109 Å². The molecule has 0 saturated heterocycles. The molecule has 0 unspecified atom stereocenters. The molecule has 0 aliphatic heterocycles. The van der Waals surface area contributed by atoms with Crippen LogP contribution >= 0.6 is 7.82 Å². The number of benzene rings is 4. The number of hydrogen-bond acceptors (Lipinski definition) is 4. The number of phosphoric acid groups is 1. The lowest BCUT2D eigenvalue weighted by Crippen LogP contribution is -2.08. The third-order valence-corrected chi connectivity index (χ3v) is 6.20. The van der Waals surface area contributed by atoms with E-state index in [2.05, 4.69) is 26.0 Å². The molecule has 0 amide bonds. The number of rotatable bonds is 8. The maximum Gasteiger partial charge on any atom is 0.647 e. The van der Waals surface area contributed by atoms with Gasteiger partial charge in [-0.05, 0) is 47.4 Å². The van der Waals surface area contributed by atoms with Crippen molar-refractivity contribution in [1.29, 1.82) is 0 Å². The third kappa shape index (κ3) is 5.40. The molecule has 0 atom stereocenters. The Labute approximate surface area is 189 Å². The SMILES string of the molecule is CC(C)c1ccc(-c2ccccc2OP(=O)(Oc2ccccc2)Oc2ccccc2)cc1. The molecule has 0 N–H and O–H groups in total. The Bertz CT molecular complexity index is 1140. The molecule has 0 aliphatic rings. The fourth-order valence-electron chi connectivity index (χ4n) is 3.23. The van der Waals surface area contributed by atoms with E-state index in [0.29, 0.717) is 23.2 Å². The highest BCUT2D eigenvalue weighted by molar-refractivity contribution is 7.49. The quantitative estimate of drug-likeness (QED) is 0.257. The minimum Gasteiger partial charge on any atom is -0.386 e. The van der Waals surface area contributed by atoms with Crippen molar-refractivity contribution < 1.29 is 18.1 Å². The maximum atomic E-state index is 13.8. The summed E-state index contributed by atoms with van der Waals surface area (Å²) in [5.74, 6) is 1.64. The lowest BCUT2D eigenvalue weighted by atomic mass is 9.98. The second kappa shape index (κ2) is 9.76. The van der Waals surface area contributed by atoms with Gasteiger partial charge in [-0.1, -0.05) is 92.7 Å². The van der Waals surface area contributed by atoms with Crippen molar-refractivity contribution >= 4 is 7.82 Å². The van der Waals surface area contributed by atoms with Crippen molar-refractivity contribution in [2.45, 2.75) is 19.8 Å². The van der Waals surface area contributed by atoms with E-state index in [1.54, 1.807) is 54.6 Å². The highest BCUT2D eigenvalue weighted by Gasteiger charge is 2.34. The first-order chi connectivity index (χ1) is 15.5. The Morgan fingerprint density at radius 2 is 1.09 bits per heavy atom. The Morgan fingerprint density at radius 3 is 1.62 bits per heavy atom. The van der Waals surface area contributed by atoms with Crippen LogP contribution in [0.2, 0.25) is 0 Å². The van der Waals surface area contributed by atoms with E-state index in [0.717, 1.165) is 11.1 Å². The van der Waals surface area contributed by atoms with Crippen molar-refractivity contribution in [3.05, 3.63) is 115 Å². The molecule has 4 rings (SSSR count). The molecule has 0 bridgehead atoms. The van der Waals surface area contributed by atoms with Gasteiger partial charge in [0.05, 0.1) is 0 Å². The molecule has 4 aromatic carbocycles. The number of para-hydroxylation sites is 3. The van der Waals surface area contributed by atoms with E-state index in [9.17, 15) is 4.57 Å². The molecular formula is C27H25O4P. The minimum absolute atomic E-state index is 0.394. The molecule has 0 radical (unpaired) electrons. The lowest BCUT2D eigenvalue weighted by molar-refractivity contribution is 0.299. The van der Waals surface area contributed by atoms with Crippen LogP contribution in [0.4, 0.5) is 0 Å². The van der Waals surface area contributed by atoms with Gasteiger partial charge in [-0.2, -0.15) is 4.57 Å². The fourth-order valence-corrected chi connectivity index (χ4v) is 4.50. The van der Waals surface area contributed by atoms with Crippen LogP contribution in [-0.2, 0) is 4.57 Å². The predicted molar refractivity (Wildman–Crippen MR) is 128 cm³/mol. The summed E-state index contributed by atoms with van der Waals surface area (Å²) in [5, 5.41) is 0. The summed E-state index contributed by atoms with van der Waals surface area (Å²) in [6.45, 7) is 4.31. The number of hydrogen-bond donors (Lipinski definition) is 0. The van der Waals surface area contributed by atoms with E-state index in [-0.39, 0.29) is 0 Å². The van der Waals surface area contributed by atoms with Gasteiger partial charge in [0.2, 0.25) is 0 Å². The van der Waals surface area contributed by atoms with E-state index in [4.69, 9.17) is 13.6 Å². The molecule has 0 aliphatic carbocycles. The summed E-state index contributed by atoms with van der Waals surface area (Å²) in [7, 11) is -4.06. The maximum absolute atomic E-state index is 13.8. The first-order valence-electron chi connectivity index (χ1n) is 10.5. The van der Waals surface area contributed by atoms with Gasteiger partial charge in [0.1, 0.15) is 17.2 Å². The molecule has 0 spiro atoms. The van der Waals surface area contributed by atoms with Gasteiger partial charge in [0, 0.05) is 5.56 Å². The third-order valence-electron chi connectivity index (χ3n) is 4.91. The topological polar surface area (TPSA) is 44.8 Å². The Morgan fingerprint density at radius 1 is 0.594 bits per heavy atom.